The second-order valence-electron chi connectivity index (χ2n) is 7.00. The minimum absolute atomic E-state index is 0.0606. The van der Waals surface area contributed by atoms with Gasteiger partial charge in [0.1, 0.15) is 0 Å². The van der Waals surface area contributed by atoms with Crippen molar-refractivity contribution in [2.45, 2.75) is 6.92 Å². The summed E-state index contributed by atoms with van der Waals surface area (Å²) in [6.45, 7) is 2.05. The molecular weight excluding hydrogens is 436 g/mol. The Balaban J connectivity index is 1.83. The Kier molecular flexibility index (Phi) is 7.92. The van der Waals surface area contributed by atoms with E-state index in [0.717, 1.165) is 15.7 Å². The van der Waals surface area contributed by atoms with Crippen molar-refractivity contribution < 1.29 is 14.4 Å². The van der Waals surface area contributed by atoms with Gasteiger partial charge in [0.25, 0.3) is 5.91 Å². The SMILES string of the molecule is Cc1cc(Br)ccc1NC(=O)CN(C)CC(=O)Nc1ccc(C(=O)N(C)C)cc1. The third-order valence-corrected chi connectivity index (χ3v) is 4.60. The lowest BCUT2D eigenvalue weighted by Gasteiger charge is -2.17. The Hall–Kier alpha value is -2.71. The molecule has 29 heavy (non-hydrogen) atoms. The van der Waals surface area contributed by atoms with Crippen molar-refractivity contribution in [1.29, 1.82) is 0 Å². The molecule has 2 aromatic carbocycles. The normalized spacial score (nSPS) is 10.6. The quantitative estimate of drug-likeness (QED) is 0.665. The van der Waals surface area contributed by atoms with Crippen molar-refractivity contribution in [2.75, 3.05) is 44.9 Å². The van der Waals surface area contributed by atoms with Crippen molar-refractivity contribution in [2.24, 2.45) is 0 Å². The van der Waals surface area contributed by atoms with Crippen LogP contribution in [-0.4, -0.2) is 61.8 Å². The number of carbonyl (C=O) groups excluding carboxylic acids is 3. The maximum atomic E-state index is 12.2. The molecule has 8 heteroatoms. The van der Waals surface area contributed by atoms with Crippen LogP contribution in [0.15, 0.2) is 46.9 Å². The fourth-order valence-corrected chi connectivity index (χ4v) is 3.13. The van der Waals surface area contributed by atoms with Gasteiger partial charge in [0.2, 0.25) is 11.8 Å². The lowest BCUT2D eigenvalue weighted by atomic mass is 10.2. The van der Waals surface area contributed by atoms with Gasteiger partial charge in [0.05, 0.1) is 13.1 Å². The Morgan fingerprint density at radius 3 is 2.03 bits per heavy atom. The summed E-state index contributed by atoms with van der Waals surface area (Å²) in [6.07, 6.45) is 0. The molecule has 0 aliphatic rings. The van der Waals surface area contributed by atoms with Crippen LogP contribution in [0.3, 0.4) is 0 Å². The zero-order valence-corrected chi connectivity index (χ0v) is 18.5. The van der Waals surface area contributed by atoms with Crippen LogP contribution < -0.4 is 10.6 Å². The van der Waals surface area contributed by atoms with E-state index < -0.39 is 0 Å². The molecule has 3 amide bonds. The summed E-state index contributed by atoms with van der Waals surface area (Å²) in [5.41, 5.74) is 2.83. The number of nitrogens with one attached hydrogen (secondary N) is 2. The Morgan fingerprint density at radius 1 is 0.897 bits per heavy atom. The first-order valence-corrected chi connectivity index (χ1v) is 9.81. The number of hydrogen-bond acceptors (Lipinski definition) is 4. The smallest absolute Gasteiger partial charge is 0.253 e. The molecule has 0 unspecified atom stereocenters. The van der Waals surface area contributed by atoms with Crippen LogP contribution in [0.2, 0.25) is 0 Å². The number of likely N-dealkylation sites (N-methyl/N-ethyl adjacent to an activating group) is 1. The highest BCUT2D eigenvalue weighted by Crippen LogP contribution is 2.20. The van der Waals surface area contributed by atoms with Gasteiger partial charge in [0, 0.05) is 35.5 Å². The van der Waals surface area contributed by atoms with Gasteiger partial charge in [-0.2, -0.15) is 0 Å². The first-order valence-electron chi connectivity index (χ1n) is 9.02. The third-order valence-electron chi connectivity index (χ3n) is 4.11. The van der Waals surface area contributed by atoms with Crippen molar-refractivity contribution in [1.82, 2.24) is 9.80 Å². The van der Waals surface area contributed by atoms with Gasteiger partial charge in [-0.1, -0.05) is 15.9 Å². The number of carbonyl (C=O) groups is 3. The van der Waals surface area contributed by atoms with Crippen molar-refractivity contribution in [3.63, 3.8) is 0 Å². The largest absolute Gasteiger partial charge is 0.345 e. The molecule has 154 valence electrons. The Labute approximate surface area is 179 Å². The number of hydrogen-bond donors (Lipinski definition) is 2. The molecule has 7 nitrogen and oxygen atoms in total. The maximum absolute atomic E-state index is 12.2. The molecule has 0 aliphatic carbocycles. The van der Waals surface area contributed by atoms with Crippen LogP contribution in [0.25, 0.3) is 0 Å². The van der Waals surface area contributed by atoms with E-state index in [1.165, 1.54) is 4.90 Å². The van der Waals surface area contributed by atoms with Gasteiger partial charge in [-0.05, 0) is 62.0 Å². The standard InChI is InChI=1S/C21H25BrN4O3/c1-14-11-16(22)7-10-18(14)24-20(28)13-26(4)12-19(27)23-17-8-5-15(6-9-17)21(29)25(2)3/h5-11H,12-13H2,1-4H3,(H,23,27)(H,24,28). The van der Waals surface area contributed by atoms with Crippen LogP contribution in [0.5, 0.6) is 0 Å². The van der Waals surface area contributed by atoms with Gasteiger partial charge in [-0.3, -0.25) is 19.3 Å². The van der Waals surface area contributed by atoms with Crippen LogP contribution in [-0.2, 0) is 9.59 Å². The van der Waals surface area contributed by atoms with Crippen molar-refractivity contribution in [3.05, 3.63) is 58.1 Å². The lowest BCUT2D eigenvalue weighted by Crippen LogP contribution is -2.36. The van der Waals surface area contributed by atoms with E-state index in [1.54, 1.807) is 50.3 Å². The summed E-state index contributed by atoms with van der Waals surface area (Å²) in [4.78, 5) is 39.4. The molecule has 0 atom stereocenters. The summed E-state index contributed by atoms with van der Waals surface area (Å²) in [6, 6.07) is 12.3. The zero-order chi connectivity index (χ0) is 21.6. The summed E-state index contributed by atoms with van der Waals surface area (Å²) >= 11 is 3.39. The predicted octanol–water partition coefficient (Wildman–Crippen LogP) is 2.97. The molecular formula is C21H25BrN4O3. The Morgan fingerprint density at radius 2 is 1.48 bits per heavy atom. The number of halogens is 1. The van der Waals surface area contributed by atoms with Gasteiger partial charge in [0.15, 0.2) is 0 Å². The molecule has 0 spiro atoms. The van der Waals surface area contributed by atoms with Gasteiger partial charge in [-0.15, -0.1) is 0 Å². The van der Waals surface area contributed by atoms with Gasteiger partial charge < -0.3 is 15.5 Å². The number of benzene rings is 2. The zero-order valence-electron chi connectivity index (χ0n) is 17.0. The topological polar surface area (TPSA) is 81.8 Å². The number of aryl methyl sites for hydroxylation is 1. The predicted molar refractivity (Wildman–Crippen MR) is 118 cm³/mol. The monoisotopic (exact) mass is 460 g/mol. The van der Waals surface area contributed by atoms with Crippen LogP contribution >= 0.6 is 15.9 Å². The number of amides is 3. The molecule has 2 N–H and O–H groups in total. The van der Waals surface area contributed by atoms with E-state index in [2.05, 4.69) is 26.6 Å². The fraction of sp³-hybridized carbons (Fsp3) is 0.286. The highest BCUT2D eigenvalue weighted by atomic mass is 79.9. The highest BCUT2D eigenvalue weighted by molar-refractivity contribution is 9.10. The lowest BCUT2D eigenvalue weighted by molar-refractivity contribution is -0.119. The second kappa shape index (κ2) is 10.2. The van der Waals surface area contributed by atoms with Crippen LogP contribution in [0.1, 0.15) is 15.9 Å². The van der Waals surface area contributed by atoms with Crippen molar-refractivity contribution >= 4 is 45.0 Å². The van der Waals surface area contributed by atoms with Gasteiger partial charge >= 0.3 is 0 Å². The number of rotatable bonds is 7. The van der Waals surface area contributed by atoms with E-state index in [-0.39, 0.29) is 30.8 Å². The molecule has 0 radical (unpaired) electrons. The number of nitrogens with zero attached hydrogens (tertiary/aromatic N) is 2. The molecule has 2 rings (SSSR count). The van der Waals surface area contributed by atoms with E-state index in [1.807, 2.05) is 25.1 Å². The summed E-state index contributed by atoms with van der Waals surface area (Å²) in [5, 5.41) is 5.61. The molecule has 0 aromatic heterocycles. The first-order chi connectivity index (χ1) is 13.7. The van der Waals surface area contributed by atoms with Crippen LogP contribution in [0, 0.1) is 6.92 Å². The summed E-state index contributed by atoms with van der Waals surface area (Å²) in [5.74, 6) is -0.543. The first kappa shape index (κ1) is 22.6. The highest BCUT2D eigenvalue weighted by Gasteiger charge is 2.13. The minimum Gasteiger partial charge on any atom is -0.345 e. The molecule has 2 aromatic rings. The third kappa shape index (κ3) is 6.99. The van der Waals surface area contributed by atoms with Gasteiger partial charge in [-0.25, -0.2) is 0 Å². The van der Waals surface area contributed by atoms with E-state index in [4.69, 9.17) is 0 Å². The molecule has 0 heterocycles. The molecule has 0 aliphatic heterocycles. The van der Waals surface area contributed by atoms with E-state index >= 15 is 0 Å². The maximum Gasteiger partial charge on any atom is 0.253 e. The van der Waals surface area contributed by atoms with E-state index in [0.29, 0.717) is 11.3 Å². The van der Waals surface area contributed by atoms with Crippen molar-refractivity contribution in [3.8, 4) is 0 Å². The minimum atomic E-state index is -0.244. The fourth-order valence-electron chi connectivity index (χ4n) is 2.66. The second-order valence-corrected chi connectivity index (χ2v) is 7.92. The Bertz CT molecular complexity index is 897. The molecule has 0 fully saturated rings. The average Bonchev–Trinajstić information content (AvgIpc) is 2.63. The summed E-state index contributed by atoms with van der Waals surface area (Å²) in [7, 11) is 5.07. The summed E-state index contributed by atoms with van der Waals surface area (Å²) < 4.78 is 0.945. The molecule has 0 saturated carbocycles. The molecule has 0 saturated heterocycles. The number of anilines is 2. The molecule has 0 bridgehead atoms. The average molecular weight is 461 g/mol. The van der Waals surface area contributed by atoms with Crippen LogP contribution in [0.4, 0.5) is 11.4 Å². The van der Waals surface area contributed by atoms with E-state index in [9.17, 15) is 14.4 Å².